The van der Waals surface area contributed by atoms with Crippen molar-refractivity contribution >= 4 is 11.8 Å². The summed E-state index contributed by atoms with van der Waals surface area (Å²) in [5, 5.41) is 21.1. The quantitative estimate of drug-likeness (QED) is 0.532. The number of hydrogen-bond acceptors (Lipinski definition) is 3. The molecule has 0 aromatic rings. The molecule has 2 N–H and O–H groups in total. The predicted octanol–water partition coefficient (Wildman–Crippen LogP) is 6.02. The van der Waals surface area contributed by atoms with Crippen LogP contribution in [0.5, 0.6) is 0 Å². The van der Waals surface area contributed by atoms with E-state index in [0.29, 0.717) is 24.2 Å². The molecular weight excluding hydrogens is 412 g/mol. The first-order valence-electron chi connectivity index (χ1n) is 13.5. The zero-order valence-electron chi connectivity index (χ0n) is 21.5. The molecule has 0 bridgehead atoms. The Morgan fingerprint density at radius 3 is 2.30 bits per heavy atom. The Morgan fingerprint density at radius 1 is 0.970 bits per heavy atom. The average Bonchev–Trinajstić information content (AvgIpc) is 3.05. The zero-order chi connectivity index (χ0) is 24.1. The Labute approximate surface area is 199 Å². The molecule has 0 spiro atoms. The van der Waals surface area contributed by atoms with Gasteiger partial charge < -0.3 is 10.2 Å². The minimum atomic E-state index is -0.964. The summed E-state index contributed by atoms with van der Waals surface area (Å²) in [4.78, 5) is 25.9. The summed E-state index contributed by atoms with van der Waals surface area (Å²) in [6.07, 6.45) is 7.93. The number of carbonyl (C=O) groups is 2. The number of hydrogen-bond donors (Lipinski definition) is 2. The average molecular weight is 457 g/mol. The van der Waals surface area contributed by atoms with Crippen molar-refractivity contribution in [2.75, 3.05) is 0 Å². The fourth-order valence-corrected chi connectivity index (χ4v) is 10.5. The first-order valence-corrected chi connectivity index (χ1v) is 13.5. The van der Waals surface area contributed by atoms with E-state index in [9.17, 15) is 19.8 Å². The summed E-state index contributed by atoms with van der Waals surface area (Å²) in [6.45, 7) is 13.9. The van der Waals surface area contributed by atoms with Crippen LogP contribution in [0.3, 0.4) is 0 Å². The molecule has 9 atom stereocenters. The third kappa shape index (κ3) is 2.74. The molecular formula is C29H44O4. The van der Waals surface area contributed by atoms with Crippen LogP contribution < -0.4 is 0 Å². The number of carboxylic acid groups (broad SMARTS) is 1. The Bertz CT molecular complexity index is 919. The van der Waals surface area contributed by atoms with Gasteiger partial charge in [0.1, 0.15) is 0 Å². The van der Waals surface area contributed by atoms with E-state index in [4.69, 9.17) is 0 Å². The van der Waals surface area contributed by atoms with E-state index in [1.165, 1.54) is 0 Å². The molecule has 0 radical (unpaired) electrons. The van der Waals surface area contributed by atoms with Crippen LogP contribution in [0, 0.1) is 51.2 Å². The number of carbonyl (C=O) groups excluding carboxylic acids is 1. The predicted molar refractivity (Wildman–Crippen MR) is 128 cm³/mol. The van der Waals surface area contributed by atoms with Crippen LogP contribution in [0.15, 0.2) is 11.1 Å². The smallest absolute Gasteiger partial charge is 0.314 e. The van der Waals surface area contributed by atoms with Crippen LogP contribution in [0.2, 0.25) is 0 Å². The van der Waals surface area contributed by atoms with Gasteiger partial charge in [0.05, 0.1) is 11.5 Å². The second-order valence-corrected chi connectivity index (χ2v) is 13.6. The van der Waals surface area contributed by atoms with Crippen LogP contribution in [-0.2, 0) is 9.59 Å². The number of carboxylic acids is 1. The molecule has 5 aliphatic rings. The summed E-state index contributed by atoms with van der Waals surface area (Å²) < 4.78 is 0. The van der Waals surface area contributed by atoms with E-state index >= 15 is 0 Å². The number of aliphatic carboxylic acids is 1. The second kappa shape index (κ2) is 7.18. The van der Waals surface area contributed by atoms with Crippen LogP contribution in [0.4, 0.5) is 0 Å². The molecule has 4 saturated carbocycles. The van der Waals surface area contributed by atoms with Crippen molar-refractivity contribution in [1.29, 1.82) is 0 Å². The third-order valence-electron chi connectivity index (χ3n) is 12.4. The summed E-state index contributed by atoms with van der Waals surface area (Å²) in [5.41, 5.74) is 1.31. The number of aliphatic hydroxyl groups is 1. The van der Waals surface area contributed by atoms with Crippen LogP contribution in [-0.4, -0.2) is 28.1 Å². The molecule has 4 heteroatoms. The molecule has 33 heavy (non-hydrogen) atoms. The summed E-state index contributed by atoms with van der Waals surface area (Å²) >= 11 is 0. The molecule has 5 aliphatic carbocycles. The Kier molecular flexibility index (Phi) is 5.13. The molecule has 0 amide bonds. The minimum Gasteiger partial charge on any atom is -0.481 e. The van der Waals surface area contributed by atoms with Gasteiger partial charge in [-0.25, -0.2) is 0 Å². The number of ketones is 1. The maximum absolute atomic E-state index is 13.2. The highest BCUT2D eigenvalue weighted by Gasteiger charge is 2.70. The van der Waals surface area contributed by atoms with E-state index < -0.39 is 11.4 Å². The molecule has 0 aromatic heterocycles. The number of rotatable bonds is 2. The standard InChI is InChI=1S/C29H44O4/c1-16(2)23-21(31)15-29(25(32)33)14-13-27(5)19(24(23)29)7-8-22-26(4)11-10-20(30)17(3)18(26)9-12-28(22,27)6/h16-20,22,30H,7-15H2,1-6H3,(H,32,33)/t17-,18+,19-,20+,22-,26+,27-,28-,29-/m1/s1. The van der Waals surface area contributed by atoms with Crippen molar-refractivity contribution < 1.29 is 19.8 Å². The van der Waals surface area contributed by atoms with Crippen LogP contribution in [0.25, 0.3) is 0 Å². The fourth-order valence-electron chi connectivity index (χ4n) is 10.5. The Morgan fingerprint density at radius 2 is 1.67 bits per heavy atom. The van der Waals surface area contributed by atoms with E-state index in [0.717, 1.165) is 56.1 Å². The number of Topliss-reactive ketones (excluding diaryl/α,β-unsaturated/α-hetero) is 1. The number of fused-ring (bicyclic) bond motifs is 7. The van der Waals surface area contributed by atoms with Gasteiger partial charge in [-0.05, 0) is 108 Å². The lowest BCUT2D eigenvalue weighted by molar-refractivity contribution is -0.212. The normalized spacial score (nSPS) is 51.6. The van der Waals surface area contributed by atoms with Crippen molar-refractivity contribution in [3.8, 4) is 0 Å². The first-order chi connectivity index (χ1) is 15.3. The SMILES string of the molecule is CC(C)C1=C2[C@H]3CC[C@@H]4[C@@]5(C)CC[C@H](O)[C@H](C)[C@@H]5CC[C@@]4(C)[C@]3(C)CC[C@@]2(C(=O)O)CC1=O. The molecule has 4 nitrogen and oxygen atoms in total. The topological polar surface area (TPSA) is 74.6 Å². The zero-order valence-corrected chi connectivity index (χ0v) is 21.5. The lowest BCUT2D eigenvalue weighted by Gasteiger charge is -2.70. The molecule has 0 heterocycles. The molecule has 0 aliphatic heterocycles. The lowest BCUT2D eigenvalue weighted by atomic mass is 9.34. The fraction of sp³-hybridized carbons (Fsp3) is 0.862. The minimum absolute atomic E-state index is 0.0161. The van der Waals surface area contributed by atoms with Gasteiger partial charge >= 0.3 is 5.97 Å². The maximum atomic E-state index is 13.2. The van der Waals surface area contributed by atoms with Gasteiger partial charge in [-0.2, -0.15) is 0 Å². The van der Waals surface area contributed by atoms with Crippen molar-refractivity contribution in [1.82, 2.24) is 0 Å². The van der Waals surface area contributed by atoms with Gasteiger partial charge in [-0.1, -0.05) is 41.5 Å². The molecule has 0 saturated heterocycles. The molecule has 4 fully saturated rings. The summed E-state index contributed by atoms with van der Waals surface area (Å²) in [5.74, 6) is 1.10. The van der Waals surface area contributed by atoms with Gasteiger partial charge in [0.15, 0.2) is 5.78 Å². The van der Waals surface area contributed by atoms with Gasteiger partial charge in [0.2, 0.25) is 0 Å². The van der Waals surface area contributed by atoms with Gasteiger partial charge in [-0.3, -0.25) is 9.59 Å². The molecule has 0 unspecified atom stereocenters. The van der Waals surface area contributed by atoms with Crippen LogP contribution >= 0.6 is 0 Å². The highest BCUT2D eigenvalue weighted by Crippen LogP contribution is 2.75. The highest BCUT2D eigenvalue weighted by atomic mass is 16.4. The Balaban J connectivity index is 1.62. The number of aliphatic hydroxyl groups excluding tert-OH is 1. The van der Waals surface area contributed by atoms with Crippen molar-refractivity contribution in [3.05, 3.63) is 11.1 Å². The van der Waals surface area contributed by atoms with E-state index in [-0.39, 0.29) is 46.4 Å². The Hall–Kier alpha value is -1.16. The van der Waals surface area contributed by atoms with Crippen molar-refractivity contribution in [3.63, 3.8) is 0 Å². The van der Waals surface area contributed by atoms with Crippen LogP contribution in [0.1, 0.15) is 99.3 Å². The largest absolute Gasteiger partial charge is 0.481 e. The highest BCUT2D eigenvalue weighted by molar-refractivity contribution is 6.05. The van der Waals surface area contributed by atoms with Gasteiger partial charge in [0.25, 0.3) is 0 Å². The second-order valence-electron chi connectivity index (χ2n) is 13.6. The van der Waals surface area contributed by atoms with Gasteiger partial charge in [0, 0.05) is 6.42 Å². The first kappa shape index (κ1) is 23.6. The van der Waals surface area contributed by atoms with E-state index in [2.05, 4.69) is 41.5 Å². The third-order valence-corrected chi connectivity index (χ3v) is 12.4. The van der Waals surface area contributed by atoms with Crippen molar-refractivity contribution in [2.45, 2.75) is 105 Å². The monoisotopic (exact) mass is 456 g/mol. The maximum Gasteiger partial charge on any atom is 0.314 e. The van der Waals surface area contributed by atoms with E-state index in [1.54, 1.807) is 0 Å². The number of allylic oxidation sites excluding steroid dienone is 1. The molecule has 5 rings (SSSR count). The van der Waals surface area contributed by atoms with Gasteiger partial charge in [-0.15, -0.1) is 0 Å². The molecule has 184 valence electrons. The van der Waals surface area contributed by atoms with E-state index in [1.807, 2.05) is 0 Å². The summed E-state index contributed by atoms with van der Waals surface area (Å²) in [6, 6.07) is 0. The molecule has 0 aromatic carbocycles. The lowest BCUT2D eigenvalue weighted by Crippen LogP contribution is -2.64. The van der Waals surface area contributed by atoms with Crippen molar-refractivity contribution in [2.24, 2.45) is 51.2 Å². The summed E-state index contributed by atoms with van der Waals surface area (Å²) in [7, 11) is 0.